The van der Waals surface area contributed by atoms with E-state index in [1.165, 1.54) is 4.90 Å². The summed E-state index contributed by atoms with van der Waals surface area (Å²) < 4.78 is 43.7. The number of aromatic nitrogens is 2. The molecule has 200 valence electrons. The van der Waals surface area contributed by atoms with Gasteiger partial charge in [0.05, 0.1) is 5.83 Å². The van der Waals surface area contributed by atoms with Gasteiger partial charge in [-0.1, -0.05) is 37.2 Å². The van der Waals surface area contributed by atoms with Gasteiger partial charge >= 0.3 is 5.92 Å². The summed E-state index contributed by atoms with van der Waals surface area (Å²) in [5, 5.41) is 6.47. The number of hydrogen-bond acceptors (Lipinski definition) is 6. The highest BCUT2D eigenvalue weighted by Crippen LogP contribution is 2.25. The van der Waals surface area contributed by atoms with Crippen LogP contribution in [0.4, 0.5) is 18.9 Å². The average Bonchev–Trinajstić information content (AvgIpc) is 3.36. The highest BCUT2D eigenvalue weighted by Gasteiger charge is 2.31. The van der Waals surface area contributed by atoms with Gasteiger partial charge in [-0.25, -0.2) is 4.39 Å². The number of aldehydes is 1. The molecule has 36 heavy (non-hydrogen) atoms. The second-order valence-electron chi connectivity index (χ2n) is 7.70. The Morgan fingerprint density at radius 1 is 1.22 bits per heavy atom. The van der Waals surface area contributed by atoms with Gasteiger partial charge in [0.15, 0.2) is 5.82 Å². The summed E-state index contributed by atoms with van der Waals surface area (Å²) in [6, 6.07) is 6.61. The van der Waals surface area contributed by atoms with Crippen LogP contribution in [0.5, 0.6) is 0 Å². The van der Waals surface area contributed by atoms with Crippen molar-refractivity contribution in [3.8, 4) is 0 Å². The quantitative estimate of drug-likeness (QED) is 0.201. The number of amides is 1. The smallest absolute Gasteiger partial charge is 0.322 e. The molecule has 0 saturated carbocycles. The fraction of sp³-hybridized carbons (Fsp3) is 0.462. The number of halogens is 3. The Labute approximate surface area is 211 Å². The molecule has 0 saturated heterocycles. The van der Waals surface area contributed by atoms with Crippen LogP contribution < -0.4 is 10.2 Å². The molecule has 2 rings (SSSR count). The molecule has 0 spiro atoms. The van der Waals surface area contributed by atoms with Crippen LogP contribution in [-0.2, 0) is 17.1 Å². The molecule has 0 radical (unpaired) electrons. The highest BCUT2D eigenvalue weighted by molar-refractivity contribution is 5.94. The van der Waals surface area contributed by atoms with Gasteiger partial charge < -0.3 is 14.7 Å². The van der Waals surface area contributed by atoms with Gasteiger partial charge in [-0.2, -0.15) is 13.8 Å². The van der Waals surface area contributed by atoms with E-state index in [0.29, 0.717) is 56.7 Å². The van der Waals surface area contributed by atoms with Crippen LogP contribution in [0.1, 0.15) is 68.0 Å². The Morgan fingerprint density at radius 2 is 1.89 bits per heavy atom. The summed E-state index contributed by atoms with van der Waals surface area (Å²) in [6.45, 7) is 13.4. The van der Waals surface area contributed by atoms with Gasteiger partial charge in [0.2, 0.25) is 5.91 Å². The number of allylic oxidation sites excluding steroid dienone is 1. The molecule has 1 heterocycles. The fourth-order valence-electron chi connectivity index (χ4n) is 2.80. The van der Waals surface area contributed by atoms with Gasteiger partial charge in [0.1, 0.15) is 6.29 Å². The number of carbonyl (C=O) groups is 2. The van der Waals surface area contributed by atoms with Crippen LogP contribution in [0.25, 0.3) is 0 Å². The third kappa shape index (κ3) is 13.0. The molecule has 10 heteroatoms. The summed E-state index contributed by atoms with van der Waals surface area (Å²) in [5.41, 5.74) is 0.989. The van der Waals surface area contributed by atoms with E-state index in [9.17, 15) is 22.8 Å². The van der Waals surface area contributed by atoms with Crippen LogP contribution in [0.2, 0.25) is 0 Å². The van der Waals surface area contributed by atoms with E-state index < -0.39 is 17.6 Å². The van der Waals surface area contributed by atoms with Crippen LogP contribution in [0, 0.1) is 0 Å². The maximum atomic E-state index is 13.1. The topological polar surface area (TPSA) is 88.3 Å². The number of nitrogens with one attached hydrogen (secondary N) is 1. The van der Waals surface area contributed by atoms with Crippen molar-refractivity contribution < 1.29 is 27.3 Å². The number of nitrogens with zero attached hydrogens (tertiary/aromatic N) is 3. The first-order chi connectivity index (χ1) is 17.1. The van der Waals surface area contributed by atoms with E-state index in [1.807, 2.05) is 7.05 Å². The minimum atomic E-state index is -3.17. The van der Waals surface area contributed by atoms with Crippen LogP contribution in [0.15, 0.2) is 54.4 Å². The number of carbonyl (C=O) groups excluding carboxylic acids is 2. The zero-order valence-corrected chi connectivity index (χ0v) is 21.4. The van der Waals surface area contributed by atoms with E-state index in [1.54, 1.807) is 24.3 Å². The molecule has 0 unspecified atom stereocenters. The predicted octanol–water partition coefficient (Wildman–Crippen LogP) is 6.03. The zero-order valence-electron chi connectivity index (χ0n) is 21.4. The second-order valence-corrected chi connectivity index (χ2v) is 7.70. The van der Waals surface area contributed by atoms with Gasteiger partial charge in [0, 0.05) is 44.0 Å². The van der Waals surface area contributed by atoms with Crippen molar-refractivity contribution in [2.45, 2.75) is 58.3 Å². The Hall–Kier alpha value is -3.27. The monoisotopic (exact) mass is 510 g/mol. The van der Waals surface area contributed by atoms with Crippen molar-refractivity contribution in [2.24, 2.45) is 0 Å². The van der Waals surface area contributed by atoms with E-state index >= 15 is 0 Å². The summed E-state index contributed by atoms with van der Waals surface area (Å²) in [5.74, 6) is -4.52. The standard InChI is InChI=1S/C21H24F3N3O3.C3H9N.C2H4/c1-15(22)10-11-19(29)27(17-8-6-7-16(13-17)14-28)12-5-3-4-9-18-25-20(30-26-18)21(2,23)24;1-3-4-2;1-2/h6-8,13-14H,1,3-5,9-12H2,2H3;4H,3H2,1-2H3;1-2H2. The summed E-state index contributed by atoms with van der Waals surface area (Å²) in [7, 11) is 1.93. The Kier molecular flexibility index (Phi) is 16.4. The molecule has 1 amide bonds. The molecule has 0 fully saturated rings. The Morgan fingerprint density at radius 3 is 2.42 bits per heavy atom. The van der Waals surface area contributed by atoms with Crippen molar-refractivity contribution >= 4 is 17.9 Å². The van der Waals surface area contributed by atoms with Crippen molar-refractivity contribution in [1.29, 1.82) is 0 Å². The highest BCUT2D eigenvalue weighted by atomic mass is 19.3. The zero-order chi connectivity index (χ0) is 27.6. The molecule has 0 aliphatic heterocycles. The van der Waals surface area contributed by atoms with Crippen molar-refractivity contribution in [2.75, 3.05) is 25.0 Å². The molecular formula is C26H37F3N4O3. The van der Waals surface area contributed by atoms with Crippen molar-refractivity contribution in [1.82, 2.24) is 15.5 Å². The lowest BCUT2D eigenvalue weighted by Crippen LogP contribution is -2.31. The number of hydrogen-bond donors (Lipinski definition) is 1. The van der Waals surface area contributed by atoms with Gasteiger partial charge in [-0.3, -0.25) is 9.59 Å². The molecule has 1 N–H and O–H groups in total. The second kappa shape index (κ2) is 18.1. The minimum Gasteiger partial charge on any atom is -0.333 e. The summed E-state index contributed by atoms with van der Waals surface area (Å²) >= 11 is 0. The number of unbranched alkanes of at least 4 members (excludes halogenated alkanes) is 2. The molecule has 0 aliphatic carbocycles. The van der Waals surface area contributed by atoms with Gasteiger partial charge in [0.25, 0.3) is 5.89 Å². The normalized spacial score (nSPS) is 10.4. The summed E-state index contributed by atoms with van der Waals surface area (Å²) in [6.07, 6.45) is 2.88. The van der Waals surface area contributed by atoms with E-state index in [-0.39, 0.29) is 24.6 Å². The van der Waals surface area contributed by atoms with E-state index in [4.69, 9.17) is 0 Å². The van der Waals surface area contributed by atoms with Crippen molar-refractivity contribution in [3.05, 3.63) is 67.1 Å². The lowest BCUT2D eigenvalue weighted by atomic mass is 10.1. The van der Waals surface area contributed by atoms with Gasteiger partial charge in [-0.05, 0) is 38.6 Å². The maximum Gasteiger partial charge on any atom is 0.322 e. The third-order valence-electron chi connectivity index (χ3n) is 4.71. The van der Waals surface area contributed by atoms with Crippen LogP contribution in [-0.4, -0.2) is 42.5 Å². The molecule has 0 aliphatic rings. The fourth-order valence-corrected chi connectivity index (χ4v) is 2.80. The Balaban J connectivity index is 0.00000185. The molecule has 2 aromatic rings. The van der Waals surface area contributed by atoms with Gasteiger partial charge in [-0.15, -0.1) is 13.2 Å². The first-order valence-corrected chi connectivity index (χ1v) is 11.7. The first kappa shape index (κ1) is 32.7. The summed E-state index contributed by atoms with van der Waals surface area (Å²) in [4.78, 5) is 28.8. The lowest BCUT2D eigenvalue weighted by molar-refractivity contribution is -0.118. The largest absolute Gasteiger partial charge is 0.333 e. The van der Waals surface area contributed by atoms with Crippen molar-refractivity contribution in [3.63, 3.8) is 0 Å². The average molecular weight is 511 g/mol. The Bertz CT molecular complexity index is 927. The third-order valence-corrected chi connectivity index (χ3v) is 4.71. The maximum absolute atomic E-state index is 13.1. The minimum absolute atomic E-state index is 0.0302. The number of rotatable bonds is 13. The van der Waals surface area contributed by atoms with E-state index in [0.717, 1.165) is 6.54 Å². The molecule has 1 aromatic heterocycles. The SMILES string of the molecule is C=C.C=C(F)CCC(=O)N(CCCCCc1noc(C(C)(F)F)n1)c1cccc(C=O)c1.CCNC. The van der Waals surface area contributed by atoms with E-state index in [2.05, 4.69) is 46.6 Å². The predicted molar refractivity (Wildman–Crippen MR) is 136 cm³/mol. The molecule has 1 aromatic carbocycles. The molecule has 0 atom stereocenters. The number of anilines is 1. The molecule has 0 bridgehead atoms. The number of aryl methyl sites for hydroxylation is 1. The lowest BCUT2D eigenvalue weighted by Gasteiger charge is -2.23. The van der Waals surface area contributed by atoms with Crippen LogP contribution >= 0.6 is 0 Å². The molecular weight excluding hydrogens is 473 g/mol. The molecule has 7 nitrogen and oxygen atoms in total. The van der Waals surface area contributed by atoms with Crippen LogP contribution in [0.3, 0.4) is 0 Å². The number of alkyl halides is 2. The first-order valence-electron chi connectivity index (χ1n) is 11.7. The number of benzene rings is 1.